The van der Waals surface area contributed by atoms with Gasteiger partial charge in [-0.3, -0.25) is 0 Å². The molecule has 0 aromatic heterocycles. The fourth-order valence-corrected chi connectivity index (χ4v) is 2.33. The number of hydrogen-bond donors (Lipinski definition) is 2. The molecule has 5 nitrogen and oxygen atoms in total. The average molecular weight is 312 g/mol. The Kier molecular flexibility index (Phi) is 5.78. The Labute approximate surface area is 115 Å². The number of ether oxygens (including phenoxy) is 1. The zero-order chi connectivity index (χ0) is 15.2. The highest BCUT2D eigenvalue weighted by Crippen LogP contribution is 2.14. The molecule has 0 amide bonds. The topological polar surface area (TPSA) is 67.4 Å². The Morgan fingerprint density at radius 2 is 1.80 bits per heavy atom. The van der Waals surface area contributed by atoms with Crippen molar-refractivity contribution in [1.29, 1.82) is 0 Å². The molecule has 0 saturated carbocycles. The predicted octanol–water partition coefficient (Wildman–Crippen LogP) is 1.59. The van der Waals surface area contributed by atoms with Crippen LogP contribution in [0, 0.1) is 0 Å². The van der Waals surface area contributed by atoms with Crippen molar-refractivity contribution in [2.75, 3.05) is 32.1 Å². The lowest BCUT2D eigenvalue weighted by Crippen LogP contribution is -2.29. The van der Waals surface area contributed by atoms with Crippen LogP contribution in [0.2, 0.25) is 0 Å². The van der Waals surface area contributed by atoms with E-state index < -0.39 is 22.8 Å². The van der Waals surface area contributed by atoms with Crippen LogP contribution in [0.15, 0.2) is 29.2 Å². The summed E-state index contributed by atoms with van der Waals surface area (Å²) in [6.45, 7) is -1.98. The summed E-state index contributed by atoms with van der Waals surface area (Å²) in [5.41, 5.74) is 0.748. The zero-order valence-corrected chi connectivity index (χ0v) is 11.5. The summed E-state index contributed by atoms with van der Waals surface area (Å²) >= 11 is 0. The summed E-state index contributed by atoms with van der Waals surface area (Å²) in [6, 6.07) is 5.94. The highest BCUT2D eigenvalue weighted by Gasteiger charge is 2.27. The van der Waals surface area contributed by atoms with Gasteiger partial charge in [0.1, 0.15) is 6.61 Å². The third-order valence-corrected chi connectivity index (χ3v) is 3.73. The molecule has 0 atom stereocenters. The number of sulfonamides is 1. The SMILES string of the molecule is CNc1ccc(S(=O)(=O)NCCOCC(F)(F)F)cc1. The lowest BCUT2D eigenvalue weighted by Gasteiger charge is -2.09. The maximum atomic E-state index is 11.8. The van der Waals surface area contributed by atoms with Gasteiger partial charge in [-0.1, -0.05) is 0 Å². The third kappa shape index (κ3) is 5.76. The maximum Gasteiger partial charge on any atom is 0.411 e. The van der Waals surface area contributed by atoms with Gasteiger partial charge in [0.25, 0.3) is 0 Å². The summed E-state index contributed by atoms with van der Waals surface area (Å²) < 4.78 is 65.4. The number of alkyl halides is 3. The first kappa shape index (κ1) is 16.7. The van der Waals surface area contributed by atoms with Crippen LogP contribution in [0.1, 0.15) is 0 Å². The molecule has 0 aliphatic carbocycles. The van der Waals surface area contributed by atoms with Gasteiger partial charge in [-0.15, -0.1) is 0 Å². The van der Waals surface area contributed by atoms with E-state index in [4.69, 9.17) is 0 Å². The van der Waals surface area contributed by atoms with Crippen LogP contribution in [-0.4, -0.2) is 41.4 Å². The molecular weight excluding hydrogens is 297 g/mol. The fraction of sp³-hybridized carbons (Fsp3) is 0.455. The summed E-state index contributed by atoms with van der Waals surface area (Å²) in [5.74, 6) is 0. The molecule has 0 saturated heterocycles. The lowest BCUT2D eigenvalue weighted by atomic mass is 10.3. The summed E-state index contributed by atoms with van der Waals surface area (Å²) in [7, 11) is -2.05. The van der Waals surface area contributed by atoms with E-state index in [1.54, 1.807) is 19.2 Å². The molecule has 0 aliphatic rings. The van der Waals surface area contributed by atoms with Gasteiger partial charge in [-0.2, -0.15) is 13.2 Å². The lowest BCUT2D eigenvalue weighted by molar-refractivity contribution is -0.173. The van der Waals surface area contributed by atoms with Gasteiger partial charge in [0.15, 0.2) is 0 Å². The molecule has 20 heavy (non-hydrogen) atoms. The van der Waals surface area contributed by atoms with Gasteiger partial charge in [-0.05, 0) is 24.3 Å². The smallest absolute Gasteiger partial charge is 0.388 e. The summed E-state index contributed by atoms with van der Waals surface area (Å²) in [5, 5.41) is 2.84. The number of hydrogen-bond acceptors (Lipinski definition) is 4. The Morgan fingerprint density at radius 1 is 1.20 bits per heavy atom. The number of anilines is 1. The number of nitrogens with one attached hydrogen (secondary N) is 2. The second-order valence-electron chi connectivity index (χ2n) is 3.84. The molecule has 0 aliphatic heterocycles. The minimum Gasteiger partial charge on any atom is -0.388 e. The quantitative estimate of drug-likeness (QED) is 0.750. The maximum absolute atomic E-state index is 11.8. The molecule has 0 spiro atoms. The number of rotatable bonds is 7. The molecule has 1 aromatic rings. The van der Waals surface area contributed by atoms with Gasteiger partial charge < -0.3 is 10.1 Å². The Hall–Kier alpha value is -1.32. The van der Waals surface area contributed by atoms with Crippen molar-refractivity contribution in [3.63, 3.8) is 0 Å². The van der Waals surface area contributed by atoms with E-state index >= 15 is 0 Å². The first-order chi connectivity index (χ1) is 9.24. The third-order valence-electron chi connectivity index (χ3n) is 2.26. The van der Waals surface area contributed by atoms with Crippen molar-refractivity contribution >= 4 is 15.7 Å². The van der Waals surface area contributed by atoms with E-state index in [9.17, 15) is 21.6 Å². The van der Waals surface area contributed by atoms with Crippen molar-refractivity contribution in [3.8, 4) is 0 Å². The second-order valence-corrected chi connectivity index (χ2v) is 5.61. The predicted molar refractivity (Wildman–Crippen MR) is 68.1 cm³/mol. The van der Waals surface area contributed by atoms with Crippen LogP contribution in [0.5, 0.6) is 0 Å². The first-order valence-corrected chi connectivity index (χ1v) is 7.15. The van der Waals surface area contributed by atoms with Gasteiger partial charge in [0, 0.05) is 19.3 Å². The normalized spacial score (nSPS) is 12.4. The van der Waals surface area contributed by atoms with E-state index in [2.05, 4.69) is 14.8 Å². The van der Waals surface area contributed by atoms with Gasteiger partial charge >= 0.3 is 6.18 Å². The molecule has 0 unspecified atom stereocenters. The Morgan fingerprint density at radius 3 is 2.30 bits per heavy atom. The van der Waals surface area contributed by atoms with Crippen molar-refractivity contribution in [1.82, 2.24) is 4.72 Å². The number of benzene rings is 1. The molecule has 0 radical (unpaired) electrons. The van der Waals surface area contributed by atoms with Crippen LogP contribution in [-0.2, 0) is 14.8 Å². The molecule has 114 valence electrons. The zero-order valence-electron chi connectivity index (χ0n) is 10.7. The average Bonchev–Trinajstić information content (AvgIpc) is 2.37. The monoisotopic (exact) mass is 312 g/mol. The number of halogens is 3. The highest BCUT2D eigenvalue weighted by molar-refractivity contribution is 7.89. The molecule has 2 N–H and O–H groups in total. The fourth-order valence-electron chi connectivity index (χ4n) is 1.32. The van der Waals surface area contributed by atoms with Crippen LogP contribution >= 0.6 is 0 Å². The van der Waals surface area contributed by atoms with Gasteiger partial charge in [0.05, 0.1) is 11.5 Å². The van der Waals surface area contributed by atoms with Crippen LogP contribution < -0.4 is 10.0 Å². The summed E-state index contributed by atoms with van der Waals surface area (Å²) in [4.78, 5) is 0.0346. The van der Waals surface area contributed by atoms with E-state index in [1.807, 2.05) is 0 Å². The first-order valence-electron chi connectivity index (χ1n) is 5.66. The molecule has 1 aromatic carbocycles. The van der Waals surface area contributed by atoms with Crippen LogP contribution in [0.4, 0.5) is 18.9 Å². The van der Waals surface area contributed by atoms with Gasteiger partial charge in [0.2, 0.25) is 10.0 Å². The second kappa shape index (κ2) is 6.91. The molecule has 9 heteroatoms. The minimum atomic E-state index is -4.41. The molecule has 1 rings (SSSR count). The molecule has 0 fully saturated rings. The van der Waals surface area contributed by atoms with Crippen LogP contribution in [0.25, 0.3) is 0 Å². The van der Waals surface area contributed by atoms with Crippen molar-refractivity contribution in [3.05, 3.63) is 24.3 Å². The van der Waals surface area contributed by atoms with E-state index in [0.717, 1.165) is 5.69 Å². The standard InChI is InChI=1S/C11H15F3N2O3S/c1-15-9-2-4-10(5-3-9)20(17,18)16-6-7-19-8-11(12,13)14/h2-5,15-16H,6-8H2,1H3. The Balaban J connectivity index is 2.45. The van der Waals surface area contributed by atoms with Crippen molar-refractivity contribution in [2.24, 2.45) is 0 Å². The van der Waals surface area contributed by atoms with Crippen molar-refractivity contribution in [2.45, 2.75) is 11.1 Å². The summed E-state index contributed by atoms with van der Waals surface area (Å²) in [6.07, 6.45) is -4.41. The Bertz CT molecular complexity index is 515. The van der Waals surface area contributed by atoms with E-state index in [-0.39, 0.29) is 18.0 Å². The highest BCUT2D eigenvalue weighted by atomic mass is 32.2. The largest absolute Gasteiger partial charge is 0.411 e. The van der Waals surface area contributed by atoms with E-state index in [0.29, 0.717) is 0 Å². The van der Waals surface area contributed by atoms with Gasteiger partial charge in [-0.25, -0.2) is 13.1 Å². The molecular formula is C11H15F3N2O3S. The minimum absolute atomic E-state index is 0.0346. The van der Waals surface area contributed by atoms with Crippen molar-refractivity contribution < 1.29 is 26.3 Å². The van der Waals surface area contributed by atoms with E-state index in [1.165, 1.54) is 12.1 Å². The molecule has 0 bridgehead atoms. The van der Waals surface area contributed by atoms with Crippen LogP contribution in [0.3, 0.4) is 0 Å². The molecule has 0 heterocycles.